The van der Waals surface area contributed by atoms with E-state index in [0.29, 0.717) is 17.0 Å². The van der Waals surface area contributed by atoms with E-state index in [4.69, 9.17) is 4.74 Å². The van der Waals surface area contributed by atoms with E-state index in [-0.39, 0.29) is 17.0 Å². The van der Waals surface area contributed by atoms with E-state index in [1.54, 1.807) is 19.3 Å². The Labute approximate surface area is 228 Å². The molecule has 0 unspecified atom stereocenters. The van der Waals surface area contributed by atoms with Crippen molar-refractivity contribution in [3.05, 3.63) is 63.6 Å². The average molecular weight is 534 g/mol. The molecule has 0 atom stereocenters. The Kier molecular flexibility index (Phi) is 7.74. The molecule has 1 N–H and O–H groups in total. The summed E-state index contributed by atoms with van der Waals surface area (Å²) in [6.07, 6.45) is 4.94. The SMILES string of the molecule is CCCN1c2cc(OC)c(/C=C3/SC(=O)N(CC(=O)Nc4ccc(C)c(C)c4)C3=O)cc2C(C)=CC1(C)C. The van der Waals surface area contributed by atoms with Gasteiger partial charge in [-0.2, -0.15) is 0 Å². The number of carbonyl (C=O) groups excluding carboxylic acids is 3. The lowest BCUT2D eigenvalue weighted by molar-refractivity contribution is -0.127. The van der Waals surface area contributed by atoms with Gasteiger partial charge in [0.2, 0.25) is 5.91 Å². The summed E-state index contributed by atoms with van der Waals surface area (Å²) in [5, 5.41) is 2.30. The molecule has 0 radical (unpaired) electrons. The highest BCUT2D eigenvalue weighted by atomic mass is 32.2. The summed E-state index contributed by atoms with van der Waals surface area (Å²) in [4.78, 5) is 42.1. The zero-order valence-corrected chi connectivity index (χ0v) is 23.9. The Morgan fingerprint density at radius 1 is 1.11 bits per heavy atom. The fraction of sp³-hybridized carbons (Fsp3) is 0.367. The van der Waals surface area contributed by atoms with Gasteiger partial charge in [-0.15, -0.1) is 0 Å². The van der Waals surface area contributed by atoms with Crippen molar-refractivity contribution in [2.24, 2.45) is 0 Å². The number of carbonyl (C=O) groups is 3. The van der Waals surface area contributed by atoms with Crippen LogP contribution < -0.4 is 15.0 Å². The number of hydrogen-bond donors (Lipinski definition) is 1. The van der Waals surface area contributed by atoms with E-state index in [2.05, 4.69) is 44.0 Å². The summed E-state index contributed by atoms with van der Waals surface area (Å²) in [5.74, 6) is -0.298. The molecule has 2 aliphatic heterocycles. The number of nitrogens with one attached hydrogen (secondary N) is 1. The lowest BCUT2D eigenvalue weighted by Gasteiger charge is -2.43. The van der Waals surface area contributed by atoms with E-state index >= 15 is 0 Å². The van der Waals surface area contributed by atoms with Crippen molar-refractivity contribution in [1.29, 1.82) is 0 Å². The third-order valence-electron chi connectivity index (χ3n) is 7.03. The Hall–Kier alpha value is -3.52. The second-order valence-corrected chi connectivity index (χ2v) is 11.4. The van der Waals surface area contributed by atoms with Crippen LogP contribution in [0.1, 0.15) is 56.4 Å². The van der Waals surface area contributed by atoms with Crippen LogP contribution in [0.2, 0.25) is 0 Å². The first kappa shape index (κ1) is 27.5. The molecule has 8 heteroatoms. The van der Waals surface area contributed by atoms with E-state index in [1.165, 1.54) is 0 Å². The number of anilines is 2. The largest absolute Gasteiger partial charge is 0.496 e. The normalized spacial score (nSPS) is 17.6. The summed E-state index contributed by atoms with van der Waals surface area (Å²) in [6.45, 7) is 13.1. The highest BCUT2D eigenvalue weighted by Crippen LogP contribution is 2.43. The molecule has 0 saturated carbocycles. The topological polar surface area (TPSA) is 79.0 Å². The van der Waals surface area contributed by atoms with Crippen LogP contribution in [0.15, 0.2) is 41.3 Å². The summed E-state index contributed by atoms with van der Waals surface area (Å²) >= 11 is 0.833. The third kappa shape index (κ3) is 5.36. The van der Waals surface area contributed by atoms with Crippen LogP contribution in [0.4, 0.5) is 16.2 Å². The summed E-state index contributed by atoms with van der Waals surface area (Å²) in [7, 11) is 1.60. The molecule has 3 amide bonds. The summed E-state index contributed by atoms with van der Waals surface area (Å²) < 4.78 is 5.72. The molecule has 0 spiro atoms. The standard InChI is InChI=1S/C30H35N3O4S/c1-8-11-33-24-15-25(37-7)21(13-23(24)20(4)16-30(33,5)6)14-26-28(35)32(29(36)38-26)17-27(34)31-22-10-9-18(2)19(3)12-22/h9-10,12-16H,8,11,17H2,1-7H3,(H,31,34)/b26-14+. The molecule has 4 rings (SSSR count). The molecule has 1 saturated heterocycles. The van der Waals surface area contributed by atoms with Gasteiger partial charge >= 0.3 is 0 Å². The maximum absolute atomic E-state index is 13.2. The molecule has 0 aliphatic carbocycles. The molecule has 1 fully saturated rings. The number of fused-ring (bicyclic) bond motifs is 1. The molecule has 2 aliphatic rings. The Morgan fingerprint density at radius 3 is 2.50 bits per heavy atom. The molecule has 38 heavy (non-hydrogen) atoms. The number of rotatable bonds is 7. The molecule has 2 heterocycles. The molecular weight excluding hydrogens is 498 g/mol. The second kappa shape index (κ2) is 10.7. The average Bonchev–Trinajstić information content (AvgIpc) is 3.10. The van der Waals surface area contributed by atoms with Crippen LogP contribution in [0.5, 0.6) is 5.75 Å². The van der Waals surface area contributed by atoms with Crippen LogP contribution >= 0.6 is 11.8 Å². The fourth-order valence-electron chi connectivity index (χ4n) is 4.98. The van der Waals surface area contributed by atoms with Gasteiger partial charge in [0.1, 0.15) is 12.3 Å². The van der Waals surface area contributed by atoms with Crippen molar-refractivity contribution < 1.29 is 19.1 Å². The summed E-state index contributed by atoms with van der Waals surface area (Å²) in [5.41, 5.74) is 6.65. The predicted octanol–water partition coefficient (Wildman–Crippen LogP) is 6.40. The maximum atomic E-state index is 13.2. The first-order chi connectivity index (χ1) is 17.9. The van der Waals surface area contributed by atoms with Crippen molar-refractivity contribution in [3.8, 4) is 5.75 Å². The lowest BCUT2D eigenvalue weighted by Crippen LogP contribution is -2.45. The molecule has 200 valence electrons. The minimum Gasteiger partial charge on any atom is -0.496 e. The van der Waals surface area contributed by atoms with Gasteiger partial charge in [0.05, 0.1) is 17.6 Å². The number of allylic oxidation sites excluding steroid dienone is 1. The number of hydrogen-bond acceptors (Lipinski definition) is 6. The predicted molar refractivity (Wildman–Crippen MR) is 156 cm³/mol. The molecule has 0 aromatic heterocycles. The number of aryl methyl sites for hydroxylation is 2. The Morgan fingerprint density at radius 2 is 1.84 bits per heavy atom. The Bertz CT molecular complexity index is 1380. The van der Waals surface area contributed by atoms with Crippen LogP contribution in [0.25, 0.3) is 11.6 Å². The number of amides is 3. The van der Waals surface area contributed by atoms with Gasteiger partial charge in [-0.25, -0.2) is 0 Å². The molecule has 2 aromatic rings. The first-order valence-electron chi connectivity index (χ1n) is 12.8. The smallest absolute Gasteiger partial charge is 0.294 e. The number of ether oxygens (including phenoxy) is 1. The fourth-order valence-corrected chi connectivity index (χ4v) is 5.81. The van der Waals surface area contributed by atoms with Crippen LogP contribution in [-0.4, -0.2) is 47.7 Å². The number of thioether (sulfide) groups is 1. The molecular formula is C30H35N3O4S. The van der Waals surface area contributed by atoms with Gasteiger partial charge in [0, 0.05) is 35.1 Å². The monoisotopic (exact) mass is 533 g/mol. The number of imide groups is 1. The molecule has 2 aromatic carbocycles. The third-order valence-corrected chi connectivity index (χ3v) is 7.94. The van der Waals surface area contributed by atoms with Gasteiger partial charge in [0.15, 0.2) is 0 Å². The second-order valence-electron chi connectivity index (χ2n) is 10.4. The van der Waals surface area contributed by atoms with Crippen molar-refractivity contribution in [2.45, 2.75) is 53.5 Å². The lowest BCUT2D eigenvalue weighted by atomic mass is 9.87. The summed E-state index contributed by atoms with van der Waals surface area (Å²) in [6, 6.07) is 9.60. The zero-order chi connectivity index (χ0) is 27.8. The van der Waals surface area contributed by atoms with Crippen molar-refractivity contribution in [3.63, 3.8) is 0 Å². The highest BCUT2D eigenvalue weighted by Gasteiger charge is 2.37. The highest BCUT2D eigenvalue weighted by molar-refractivity contribution is 8.18. The van der Waals surface area contributed by atoms with Crippen LogP contribution in [0, 0.1) is 13.8 Å². The van der Waals surface area contributed by atoms with Crippen molar-refractivity contribution in [1.82, 2.24) is 4.90 Å². The van der Waals surface area contributed by atoms with Gasteiger partial charge in [0.25, 0.3) is 11.1 Å². The molecule has 7 nitrogen and oxygen atoms in total. The van der Waals surface area contributed by atoms with E-state index in [0.717, 1.165) is 57.6 Å². The molecule has 0 bridgehead atoms. The number of methoxy groups -OCH3 is 1. The van der Waals surface area contributed by atoms with Gasteiger partial charge < -0.3 is 15.0 Å². The van der Waals surface area contributed by atoms with Crippen molar-refractivity contribution in [2.75, 3.05) is 30.4 Å². The van der Waals surface area contributed by atoms with Gasteiger partial charge in [-0.3, -0.25) is 19.3 Å². The minimum absolute atomic E-state index is 0.139. The minimum atomic E-state index is -0.490. The van der Waals surface area contributed by atoms with Gasteiger partial charge in [-0.1, -0.05) is 19.1 Å². The van der Waals surface area contributed by atoms with E-state index in [9.17, 15) is 14.4 Å². The van der Waals surface area contributed by atoms with Crippen LogP contribution in [0.3, 0.4) is 0 Å². The van der Waals surface area contributed by atoms with Crippen molar-refractivity contribution >= 4 is 51.8 Å². The van der Waals surface area contributed by atoms with E-state index in [1.807, 2.05) is 38.1 Å². The van der Waals surface area contributed by atoms with Gasteiger partial charge in [-0.05, 0) is 93.8 Å². The Balaban J connectivity index is 1.59. The van der Waals surface area contributed by atoms with Crippen LogP contribution in [-0.2, 0) is 9.59 Å². The number of nitrogens with zero attached hydrogens (tertiary/aromatic N) is 2. The maximum Gasteiger partial charge on any atom is 0.294 e. The number of benzene rings is 2. The van der Waals surface area contributed by atoms with E-state index < -0.39 is 17.1 Å². The quantitative estimate of drug-likeness (QED) is 0.415. The first-order valence-corrected chi connectivity index (χ1v) is 13.6. The zero-order valence-electron chi connectivity index (χ0n) is 23.1.